The minimum atomic E-state index is -0.291. The smallest absolute Gasteiger partial charge is 0.251 e. The van der Waals surface area contributed by atoms with Crippen LogP contribution in [-0.2, 0) is 9.47 Å². The Labute approximate surface area is 176 Å². The number of halogens is 1. The molecule has 1 N–H and O–H groups in total. The van der Waals surface area contributed by atoms with Gasteiger partial charge in [0.05, 0.1) is 25.4 Å². The fourth-order valence-corrected chi connectivity index (χ4v) is 3.39. The average Bonchev–Trinajstić information content (AvgIpc) is 2.73. The normalized spacial score (nSPS) is 18.2. The van der Waals surface area contributed by atoms with Gasteiger partial charge in [-0.25, -0.2) is 0 Å². The highest BCUT2D eigenvalue weighted by Gasteiger charge is 2.29. The lowest BCUT2D eigenvalue weighted by atomic mass is 9.99. The van der Waals surface area contributed by atoms with E-state index in [0.717, 1.165) is 18.7 Å². The van der Waals surface area contributed by atoms with E-state index < -0.39 is 0 Å². The molecule has 0 aliphatic carbocycles. The van der Waals surface area contributed by atoms with Crippen LogP contribution in [0.25, 0.3) is 0 Å². The van der Waals surface area contributed by atoms with Gasteiger partial charge in [0, 0.05) is 30.8 Å². The molecule has 1 aliphatic rings. The van der Waals surface area contributed by atoms with Gasteiger partial charge in [-0.15, -0.1) is 0 Å². The second-order valence-electron chi connectivity index (χ2n) is 7.04. The van der Waals surface area contributed by atoms with E-state index in [1.807, 2.05) is 30.3 Å². The van der Waals surface area contributed by atoms with E-state index in [1.54, 1.807) is 25.3 Å². The standard InChI is InChI=1S/C22H27ClN2O4/c1-25-10-11-29-20(15-25)21(16-6-8-18(23)9-7-16)24-22(26)17-4-3-5-19(14-17)28-13-12-27-2/h3-9,14,20-21H,10-13,15H2,1-2H3,(H,24,26)/t20-,21-/m0/s1. The van der Waals surface area contributed by atoms with E-state index in [2.05, 4.69) is 17.3 Å². The predicted molar refractivity (Wildman–Crippen MR) is 113 cm³/mol. The number of rotatable bonds is 8. The van der Waals surface area contributed by atoms with Gasteiger partial charge in [-0.05, 0) is 42.9 Å². The lowest BCUT2D eigenvalue weighted by molar-refractivity contribution is -0.0380. The summed E-state index contributed by atoms with van der Waals surface area (Å²) in [7, 11) is 3.67. The van der Waals surface area contributed by atoms with Crippen molar-refractivity contribution < 1.29 is 19.0 Å². The Morgan fingerprint density at radius 3 is 2.79 bits per heavy atom. The number of amides is 1. The predicted octanol–water partition coefficient (Wildman–Crippen LogP) is 3.17. The Morgan fingerprint density at radius 2 is 2.07 bits per heavy atom. The third-order valence-corrected chi connectivity index (χ3v) is 5.09. The molecule has 156 valence electrons. The molecule has 2 aromatic carbocycles. The van der Waals surface area contributed by atoms with Crippen molar-refractivity contribution in [3.05, 3.63) is 64.7 Å². The summed E-state index contributed by atoms with van der Waals surface area (Å²) in [6.45, 7) is 3.15. The molecule has 0 aromatic heterocycles. The summed E-state index contributed by atoms with van der Waals surface area (Å²) in [6.07, 6.45) is -0.153. The molecular formula is C22H27ClN2O4. The number of nitrogens with one attached hydrogen (secondary N) is 1. The van der Waals surface area contributed by atoms with Crippen LogP contribution in [0.1, 0.15) is 22.0 Å². The quantitative estimate of drug-likeness (QED) is 0.667. The van der Waals surface area contributed by atoms with Crippen molar-refractivity contribution >= 4 is 17.5 Å². The topological polar surface area (TPSA) is 60.0 Å². The fraction of sp³-hybridized carbons (Fsp3) is 0.409. The maximum absolute atomic E-state index is 13.0. The van der Waals surface area contributed by atoms with Crippen LogP contribution in [0.4, 0.5) is 0 Å². The first-order valence-electron chi connectivity index (χ1n) is 9.65. The van der Waals surface area contributed by atoms with Gasteiger partial charge in [-0.2, -0.15) is 0 Å². The van der Waals surface area contributed by atoms with Gasteiger partial charge in [0.15, 0.2) is 0 Å². The summed E-state index contributed by atoms with van der Waals surface area (Å²) in [5, 5.41) is 3.79. The molecule has 7 heteroatoms. The number of hydrogen-bond donors (Lipinski definition) is 1. The first kappa shape index (κ1) is 21.6. The second kappa shape index (κ2) is 10.6. The fourth-order valence-electron chi connectivity index (χ4n) is 3.27. The highest BCUT2D eigenvalue weighted by molar-refractivity contribution is 6.30. The summed E-state index contributed by atoms with van der Waals surface area (Å²) in [6, 6.07) is 14.3. The van der Waals surface area contributed by atoms with Gasteiger partial charge in [0.25, 0.3) is 5.91 Å². The molecule has 3 rings (SSSR count). The molecule has 1 amide bonds. The zero-order valence-electron chi connectivity index (χ0n) is 16.8. The third kappa shape index (κ3) is 6.18. The van der Waals surface area contributed by atoms with E-state index in [9.17, 15) is 4.79 Å². The molecule has 0 bridgehead atoms. The highest BCUT2D eigenvalue weighted by atomic mass is 35.5. The number of carbonyl (C=O) groups is 1. The van der Waals surface area contributed by atoms with Crippen LogP contribution >= 0.6 is 11.6 Å². The van der Waals surface area contributed by atoms with Crippen molar-refractivity contribution in [2.45, 2.75) is 12.1 Å². The van der Waals surface area contributed by atoms with Crippen LogP contribution < -0.4 is 10.1 Å². The van der Waals surface area contributed by atoms with Crippen molar-refractivity contribution in [1.29, 1.82) is 0 Å². The summed E-state index contributed by atoms with van der Waals surface area (Å²) in [5.74, 6) is 0.449. The van der Waals surface area contributed by atoms with Crippen LogP contribution in [0.3, 0.4) is 0 Å². The van der Waals surface area contributed by atoms with Crippen molar-refractivity contribution in [1.82, 2.24) is 10.2 Å². The average molecular weight is 419 g/mol. The molecule has 1 saturated heterocycles. The van der Waals surface area contributed by atoms with Gasteiger partial charge in [0.1, 0.15) is 12.4 Å². The number of likely N-dealkylation sites (N-methyl/N-ethyl adjacent to an activating group) is 1. The molecule has 1 heterocycles. The molecule has 1 aliphatic heterocycles. The van der Waals surface area contributed by atoms with Crippen molar-refractivity contribution in [2.75, 3.05) is 47.1 Å². The van der Waals surface area contributed by atoms with Gasteiger partial charge in [0.2, 0.25) is 0 Å². The number of methoxy groups -OCH3 is 1. The number of ether oxygens (including phenoxy) is 3. The number of benzene rings is 2. The number of nitrogens with zero attached hydrogens (tertiary/aromatic N) is 1. The second-order valence-corrected chi connectivity index (χ2v) is 7.48. The molecule has 1 fully saturated rings. The molecular weight excluding hydrogens is 392 g/mol. The summed E-state index contributed by atoms with van der Waals surface area (Å²) in [4.78, 5) is 15.2. The lowest BCUT2D eigenvalue weighted by Gasteiger charge is -2.35. The monoisotopic (exact) mass is 418 g/mol. The molecule has 0 saturated carbocycles. The van der Waals surface area contributed by atoms with Gasteiger partial charge in [-0.3, -0.25) is 4.79 Å². The van der Waals surface area contributed by atoms with Gasteiger partial charge >= 0.3 is 0 Å². The molecule has 0 unspecified atom stereocenters. The first-order valence-corrected chi connectivity index (χ1v) is 10.0. The van der Waals surface area contributed by atoms with Crippen LogP contribution in [0.5, 0.6) is 5.75 Å². The molecule has 2 aromatic rings. The highest BCUT2D eigenvalue weighted by Crippen LogP contribution is 2.25. The lowest BCUT2D eigenvalue weighted by Crippen LogP contribution is -2.48. The minimum absolute atomic E-state index is 0.153. The summed E-state index contributed by atoms with van der Waals surface area (Å²) in [5.41, 5.74) is 1.48. The van der Waals surface area contributed by atoms with E-state index >= 15 is 0 Å². The third-order valence-electron chi connectivity index (χ3n) is 4.84. The molecule has 0 spiro atoms. The zero-order chi connectivity index (χ0) is 20.6. The van der Waals surface area contributed by atoms with Gasteiger partial charge in [-0.1, -0.05) is 29.8 Å². The van der Waals surface area contributed by atoms with Crippen molar-refractivity contribution in [2.24, 2.45) is 0 Å². The van der Waals surface area contributed by atoms with E-state index in [0.29, 0.717) is 36.2 Å². The zero-order valence-corrected chi connectivity index (χ0v) is 17.5. The van der Waals surface area contributed by atoms with Crippen LogP contribution in [0.2, 0.25) is 5.02 Å². The molecule has 6 nitrogen and oxygen atoms in total. The van der Waals surface area contributed by atoms with Crippen LogP contribution in [0.15, 0.2) is 48.5 Å². The summed E-state index contributed by atoms with van der Waals surface area (Å²) >= 11 is 6.05. The summed E-state index contributed by atoms with van der Waals surface area (Å²) < 4.78 is 16.6. The maximum atomic E-state index is 13.0. The molecule has 0 radical (unpaired) electrons. The van der Waals surface area contributed by atoms with Gasteiger partial charge < -0.3 is 24.4 Å². The maximum Gasteiger partial charge on any atom is 0.251 e. The Kier molecular flexibility index (Phi) is 7.89. The van der Waals surface area contributed by atoms with E-state index in [4.69, 9.17) is 25.8 Å². The number of morpholine rings is 1. The molecule has 2 atom stereocenters. The Balaban J connectivity index is 1.77. The van der Waals surface area contributed by atoms with E-state index in [-0.39, 0.29) is 18.1 Å². The minimum Gasteiger partial charge on any atom is -0.491 e. The van der Waals surface area contributed by atoms with E-state index in [1.165, 1.54) is 0 Å². The largest absolute Gasteiger partial charge is 0.491 e. The SMILES string of the molecule is COCCOc1cccc(C(=O)N[C@@H](c2ccc(Cl)cc2)[C@@H]2CN(C)CCO2)c1. The Morgan fingerprint density at radius 1 is 1.28 bits per heavy atom. The van der Waals surface area contributed by atoms with Crippen LogP contribution in [-0.4, -0.2) is 64.0 Å². The van der Waals surface area contributed by atoms with Crippen LogP contribution in [0, 0.1) is 0 Å². The molecule has 29 heavy (non-hydrogen) atoms. The first-order chi connectivity index (χ1) is 14.1. The van der Waals surface area contributed by atoms with Crippen molar-refractivity contribution in [3.63, 3.8) is 0 Å². The Bertz CT molecular complexity index is 800. The van der Waals surface area contributed by atoms with Crippen molar-refractivity contribution in [3.8, 4) is 5.75 Å². The number of carbonyl (C=O) groups excluding carboxylic acids is 1. The Hall–Kier alpha value is -2.12. The number of hydrogen-bond acceptors (Lipinski definition) is 5.